The van der Waals surface area contributed by atoms with Gasteiger partial charge >= 0.3 is 0 Å². The Labute approximate surface area is 212 Å². The number of nitrogens with zero attached hydrogens (tertiary/aromatic N) is 4. The maximum absolute atomic E-state index is 12.4. The Hall–Kier alpha value is -3.13. The minimum atomic E-state index is -0.267. The lowest BCUT2D eigenvalue weighted by atomic mass is 10.1. The van der Waals surface area contributed by atoms with Gasteiger partial charge in [-0.2, -0.15) is 5.10 Å². The standard InChI is InChI=1S/C25H21Cl2N5OS/c1-16-3-8-19(9-4-16)24-30-31-25(32(24)20-10-5-17(2)6-11-20)34-15-23(33)29-28-14-18-7-12-21(26)22(27)13-18/h3-14H,15H2,1-2H3,(H,29,33). The lowest BCUT2D eigenvalue weighted by molar-refractivity contribution is -0.118. The van der Waals surface area contributed by atoms with Crippen molar-refractivity contribution in [3.8, 4) is 17.1 Å². The second-order valence-corrected chi connectivity index (χ2v) is 9.36. The third-order valence-corrected chi connectivity index (χ3v) is 6.58. The van der Waals surface area contributed by atoms with Gasteiger partial charge in [-0.25, -0.2) is 5.43 Å². The SMILES string of the molecule is Cc1ccc(-c2nnc(SCC(=O)NN=Cc3ccc(Cl)c(Cl)c3)n2-c2ccc(C)cc2)cc1. The van der Waals surface area contributed by atoms with Crippen molar-refractivity contribution < 1.29 is 4.79 Å². The van der Waals surface area contributed by atoms with Crippen molar-refractivity contribution in [2.75, 3.05) is 5.75 Å². The Balaban J connectivity index is 1.50. The molecule has 1 aromatic heterocycles. The molecule has 6 nitrogen and oxygen atoms in total. The molecule has 34 heavy (non-hydrogen) atoms. The first kappa shape index (κ1) is 24.0. The smallest absolute Gasteiger partial charge is 0.250 e. The zero-order valence-electron chi connectivity index (χ0n) is 18.5. The Kier molecular flexibility index (Phi) is 7.67. The molecular formula is C25H21Cl2N5OS. The van der Waals surface area contributed by atoms with Crippen molar-refractivity contribution in [2.24, 2.45) is 5.10 Å². The number of aryl methyl sites for hydroxylation is 2. The molecule has 1 heterocycles. The molecule has 0 radical (unpaired) electrons. The molecule has 4 aromatic rings. The van der Waals surface area contributed by atoms with Crippen molar-refractivity contribution in [1.82, 2.24) is 20.2 Å². The number of hydrogen-bond acceptors (Lipinski definition) is 5. The number of amides is 1. The second-order valence-electron chi connectivity index (χ2n) is 7.60. The first-order chi connectivity index (χ1) is 16.4. The van der Waals surface area contributed by atoms with Crippen molar-refractivity contribution in [2.45, 2.75) is 19.0 Å². The molecule has 0 fully saturated rings. The molecule has 4 rings (SSSR count). The van der Waals surface area contributed by atoms with Crippen LogP contribution >= 0.6 is 35.0 Å². The zero-order chi connectivity index (χ0) is 24.1. The van der Waals surface area contributed by atoms with Crippen molar-refractivity contribution in [1.29, 1.82) is 0 Å². The molecule has 172 valence electrons. The molecular weight excluding hydrogens is 489 g/mol. The summed E-state index contributed by atoms with van der Waals surface area (Å²) in [5.74, 6) is 0.567. The van der Waals surface area contributed by atoms with Gasteiger partial charge in [-0.1, -0.05) is 88.6 Å². The number of hydrazone groups is 1. The van der Waals surface area contributed by atoms with Crippen LogP contribution in [0.15, 0.2) is 77.0 Å². The highest BCUT2D eigenvalue weighted by atomic mass is 35.5. The number of benzene rings is 3. The third-order valence-electron chi connectivity index (χ3n) is 4.91. The molecule has 0 aliphatic heterocycles. The van der Waals surface area contributed by atoms with E-state index in [-0.39, 0.29) is 11.7 Å². The van der Waals surface area contributed by atoms with Gasteiger partial charge in [0.05, 0.1) is 22.0 Å². The minimum Gasteiger partial charge on any atom is -0.272 e. The minimum absolute atomic E-state index is 0.122. The van der Waals surface area contributed by atoms with Crippen molar-refractivity contribution >= 4 is 47.1 Å². The number of carbonyl (C=O) groups excluding carboxylic acids is 1. The number of thioether (sulfide) groups is 1. The van der Waals surface area contributed by atoms with Crippen molar-refractivity contribution in [3.63, 3.8) is 0 Å². The van der Waals surface area contributed by atoms with Crippen LogP contribution in [0.3, 0.4) is 0 Å². The quantitative estimate of drug-likeness (QED) is 0.185. The van der Waals surface area contributed by atoms with E-state index in [1.165, 1.54) is 18.0 Å². The molecule has 0 bridgehead atoms. The zero-order valence-corrected chi connectivity index (χ0v) is 20.8. The summed E-state index contributed by atoms with van der Waals surface area (Å²) in [4.78, 5) is 12.4. The molecule has 0 atom stereocenters. The number of hydrogen-bond donors (Lipinski definition) is 1. The molecule has 0 aliphatic rings. The van der Waals surface area contributed by atoms with E-state index in [1.807, 2.05) is 66.9 Å². The Bertz CT molecular complexity index is 1330. The summed E-state index contributed by atoms with van der Waals surface area (Å²) in [6.07, 6.45) is 1.51. The number of nitrogens with one attached hydrogen (secondary N) is 1. The molecule has 0 spiro atoms. The van der Waals surface area contributed by atoms with Crippen molar-refractivity contribution in [3.05, 3.63) is 93.5 Å². The summed E-state index contributed by atoms with van der Waals surface area (Å²) in [7, 11) is 0. The number of rotatable bonds is 7. The van der Waals surface area contributed by atoms with Gasteiger partial charge in [0.25, 0.3) is 5.91 Å². The third kappa shape index (κ3) is 5.86. The maximum Gasteiger partial charge on any atom is 0.250 e. The summed E-state index contributed by atoms with van der Waals surface area (Å²) in [6.45, 7) is 4.08. The Morgan fingerprint density at radius 3 is 2.32 bits per heavy atom. The number of carbonyl (C=O) groups is 1. The molecule has 0 aliphatic carbocycles. The molecule has 0 saturated carbocycles. The fraction of sp³-hybridized carbons (Fsp3) is 0.120. The number of aromatic nitrogens is 3. The van der Waals surface area contributed by atoms with E-state index in [0.29, 0.717) is 21.0 Å². The van der Waals surface area contributed by atoms with Crippen LogP contribution in [0.1, 0.15) is 16.7 Å². The van der Waals surface area contributed by atoms with E-state index < -0.39 is 0 Å². The van der Waals surface area contributed by atoms with E-state index in [2.05, 4.69) is 20.7 Å². The molecule has 0 saturated heterocycles. The number of halogens is 2. The van der Waals surface area contributed by atoms with Crippen LogP contribution in [-0.4, -0.2) is 32.6 Å². The summed E-state index contributed by atoms with van der Waals surface area (Å²) in [5, 5.41) is 14.3. The van der Waals surface area contributed by atoms with Gasteiger partial charge < -0.3 is 0 Å². The van der Waals surface area contributed by atoms with Crippen LogP contribution in [0.25, 0.3) is 17.1 Å². The summed E-state index contributed by atoms with van der Waals surface area (Å²) >= 11 is 13.2. The van der Waals surface area contributed by atoms with Gasteiger partial charge in [0.15, 0.2) is 11.0 Å². The van der Waals surface area contributed by atoms with Gasteiger partial charge in [0.1, 0.15) is 0 Å². The monoisotopic (exact) mass is 509 g/mol. The van der Waals surface area contributed by atoms with E-state index in [1.54, 1.807) is 18.2 Å². The highest BCUT2D eigenvalue weighted by Gasteiger charge is 2.17. The largest absolute Gasteiger partial charge is 0.272 e. The van der Waals surface area contributed by atoms with Crippen LogP contribution in [0.2, 0.25) is 10.0 Å². The maximum atomic E-state index is 12.4. The normalized spacial score (nSPS) is 11.2. The van der Waals surface area contributed by atoms with Crippen LogP contribution in [0.5, 0.6) is 0 Å². The fourth-order valence-corrected chi connectivity index (χ4v) is 4.16. The second kappa shape index (κ2) is 10.9. The van der Waals surface area contributed by atoms with Gasteiger partial charge in [-0.3, -0.25) is 9.36 Å². The average molecular weight is 510 g/mol. The summed E-state index contributed by atoms with van der Waals surface area (Å²) < 4.78 is 1.96. The average Bonchev–Trinajstić information content (AvgIpc) is 3.25. The van der Waals surface area contributed by atoms with Crippen LogP contribution in [0, 0.1) is 13.8 Å². The fourth-order valence-electron chi connectivity index (χ4n) is 3.11. The first-order valence-electron chi connectivity index (χ1n) is 10.4. The highest BCUT2D eigenvalue weighted by molar-refractivity contribution is 7.99. The van der Waals surface area contributed by atoms with Gasteiger partial charge in [0, 0.05) is 11.3 Å². The van der Waals surface area contributed by atoms with E-state index in [9.17, 15) is 4.79 Å². The van der Waals surface area contributed by atoms with E-state index in [0.717, 1.165) is 27.9 Å². The van der Waals surface area contributed by atoms with E-state index >= 15 is 0 Å². The van der Waals surface area contributed by atoms with E-state index in [4.69, 9.17) is 23.2 Å². The topological polar surface area (TPSA) is 72.2 Å². The molecule has 9 heteroatoms. The molecule has 1 amide bonds. The predicted molar refractivity (Wildman–Crippen MR) is 139 cm³/mol. The van der Waals surface area contributed by atoms with Crippen LogP contribution < -0.4 is 5.43 Å². The van der Waals surface area contributed by atoms with Gasteiger partial charge in [-0.05, 0) is 43.7 Å². The summed E-state index contributed by atoms with van der Waals surface area (Å²) in [6, 6.07) is 21.3. The molecule has 0 unspecified atom stereocenters. The van der Waals surface area contributed by atoms with Crippen LogP contribution in [0.4, 0.5) is 0 Å². The Morgan fingerprint density at radius 1 is 0.971 bits per heavy atom. The molecule has 3 aromatic carbocycles. The summed E-state index contributed by atoms with van der Waals surface area (Å²) in [5.41, 5.74) is 7.44. The lowest BCUT2D eigenvalue weighted by Gasteiger charge is -2.11. The molecule has 1 N–H and O–H groups in total. The first-order valence-corrected chi connectivity index (χ1v) is 12.1. The lowest BCUT2D eigenvalue weighted by Crippen LogP contribution is -2.20. The highest BCUT2D eigenvalue weighted by Crippen LogP contribution is 2.28. The van der Waals surface area contributed by atoms with Gasteiger partial charge in [-0.15, -0.1) is 10.2 Å². The van der Waals surface area contributed by atoms with Crippen LogP contribution in [-0.2, 0) is 4.79 Å². The Morgan fingerprint density at radius 2 is 1.65 bits per heavy atom. The van der Waals surface area contributed by atoms with Gasteiger partial charge in [0.2, 0.25) is 0 Å². The predicted octanol–water partition coefficient (Wildman–Crippen LogP) is 6.10.